The molecule has 0 saturated heterocycles. The molecule has 2 heteroatoms. The van der Waals surface area contributed by atoms with Gasteiger partial charge in [0.2, 0.25) is 0 Å². The summed E-state index contributed by atoms with van der Waals surface area (Å²) in [7, 11) is 0. The molecule has 1 aromatic carbocycles. The Bertz CT molecular complexity index is 441. The summed E-state index contributed by atoms with van der Waals surface area (Å²) in [4.78, 5) is 0. The Morgan fingerprint density at radius 2 is 1.00 bits per heavy atom. The number of hydrogen-bond acceptors (Lipinski definition) is 1. The fraction of sp³-hybridized carbons (Fsp3) is 0.778. The van der Waals surface area contributed by atoms with Crippen LogP contribution in [-0.4, -0.2) is 6.54 Å². The van der Waals surface area contributed by atoms with Gasteiger partial charge in [-0.1, -0.05) is 135 Å². The Balaban J connectivity index is 0.00000784. The molecule has 1 aromatic rings. The van der Waals surface area contributed by atoms with Crippen molar-refractivity contribution < 1.29 is 0 Å². The summed E-state index contributed by atoms with van der Waals surface area (Å²) in [5.41, 5.74) is 1.61. The summed E-state index contributed by atoms with van der Waals surface area (Å²) in [6.45, 7) is 8.07. The number of rotatable bonds is 19. The highest BCUT2D eigenvalue weighted by atomic mass is 35.5. The second-order valence-corrected chi connectivity index (χ2v) is 8.68. The zero-order chi connectivity index (χ0) is 20.3. The molecule has 0 radical (unpaired) electrons. The molecule has 1 N–H and O–H groups in total. The number of unbranched alkanes of at least 4 members (excludes halogenated alkanes) is 13. The Morgan fingerprint density at radius 3 is 1.41 bits per heavy atom. The minimum atomic E-state index is 0. The molecule has 0 aliphatic carbocycles. The Labute approximate surface area is 189 Å². The van der Waals surface area contributed by atoms with Crippen molar-refractivity contribution in [3.8, 4) is 0 Å². The fourth-order valence-electron chi connectivity index (χ4n) is 4.41. The first kappa shape index (κ1) is 28.5. The maximum absolute atomic E-state index is 3.89. The lowest BCUT2D eigenvalue weighted by Crippen LogP contribution is -2.41. The molecule has 170 valence electrons. The van der Waals surface area contributed by atoms with Gasteiger partial charge < -0.3 is 5.32 Å². The van der Waals surface area contributed by atoms with Crippen LogP contribution in [0.2, 0.25) is 0 Å². The fourth-order valence-corrected chi connectivity index (χ4v) is 4.41. The molecule has 0 amide bonds. The minimum absolute atomic E-state index is 0. The van der Waals surface area contributed by atoms with Crippen LogP contribution >= 0.6 is 12.4 Å². The molecule has 0 saturated carbocycles. The van der Waals surface area contributed by atoms with E-state index in [1.807, 2.05) is 0 Å². The molecule has 29 heavy (non-hydrogen) atoms. The van der Waals surface area contributed by atoms with Crippen LogP contribution in [0.5, 0.6) is 0 Å². The summed E-state index contributed by atoms with van der Waals surface area (Å²) in [5.74, 6) is 0. The van der Waals surface area contributed by atoms with E-state index in [2.05, 4.69) is 56.4 Å². The van der Waals surface area contributed by atoms with Gasteiger partial charge in [-0.2, -0.15) is 0 Å². The molecule has 0 unspecified atom stereocenters. The highest BCUT2D eigenvalue weighted by molar-refractivity contribution is 5.85. The quantitative estimate of drug-likeness (QED) is 0.218. The van der Waals surface area contributed by atoms with E-state index >= 15 is 0 Å². The van der Waals surface area contributed by atoms with Gasteiger partial charge in [0.15, 0.2) is 0 Å². The molecule has 0 heterocycles. The number of nitrogens with one attached hydrogen (secondary N) is 1. The lowest BCUT2D eigenvalue weighted by atomic mass is 9.84. The second-order valence-electron chi connectivity index (χ2n) is 8.68. The maximum atomic E-state index is 3.89. The van der Waals surface area contributed by atoms with Crippen LogP contribution < -0.4 is 5.32 Å². The molecular formula is C27H50ClN. The standard InChI is InChI=1S/C27H49N.ClH/c1-4-7-8-9-10-11-12-13-14-15-16-17-18-22-25-28-27(5-2,6-3)26-23-20-19-21-24-26;/h19-21,23-24,28H,4-18,22,25H2,1-3H3;1H. The Morgan fingerprint density at radius 1 is 0.586 bits per heavy atom. The predicted molar refractivity (Wildman–Crippen MR) is 134 cm³/mol. The third-order valence-corrected chi connectivity index (χ3v) is 6.53. The first-order valence-electron chi connectivity index (χ1n) is 12.6. The number of benzene rings is 1. The molecule has 0 aromatic heterocycles. The van der Waals surface area contributed by atoms with Crippen molar-refractivity contribution in [1.82, 2.24) is 5.32 Å². The zero-order valence-electron chi connectivity index (χ0n) is 19.8. The van der Waals surface area contributed by atoms with Gasteiger partial charge in [0.05, 0.1) is 0 Å². The number of hydrogen-bond donors (Lipinski definition) is 1. The number of halogens is 1. The third-order valence-electron chi connectivity index (χ3n) is 6.53. The first-order chi connectivity index (χ1) is 13.8. The van der Waals surface area contributed by atoms with Gasteiger partial charge in [0.1, 0.15) is 0 Å². The van der Waals surface area contributed by atoms with Gasteiger partial charge in [-0.15, -0.1) is 12.4 Å². The van der Waals surface area contributed by atoms with Gasteiger partial charge in [-0.3, -0.25) is 0 Å². The van der Waals surface area contributed by atoms with Crippen LogP contribution in [-0.2, 0) is 5.54 Å². The summed E-state index contributed by atoms with van der Waals surface area (Å²) < 4.78 is 0. The van der Waals surface area contributed by atoms with Crippen LogP contribution in [0.25, 0.3) is 0 Å². The van der Waals surface area contributed by atoms with E-state index in [9.17, 15) is 0 Å². The average Bonchev–Trinajstić information content (AvgIpc) is 2.74. The third kappa shape index (κ3) is 12.7. The van der Waals surface area contributed by atoms with E-state index in [1.165, 1.54) is 95.5 Å². The molecule has 1 nitrogen and oxygen atoms in total. The van der Waals surface area contributed by atoms with Crippen molar-refractivity contribution in [2.24, 2.45) is 0 Å². The van der Waals surface area contributed by atoms with E-state index < -0.39 is 0 Å². The molecular weight excluding hydrogens is 374 g/mol. The normalized spacial score (nSPS) is 11.4. The highest BCUT2D eigenvalue weighted by Gasteiger charge is 2.26. The topological polar surface area (TPSA) is 12.0 Å². The Hall–Kier alpha value is -0.530. The van der Waals surface area contributed by atoms with Crippen LogP contribution in [0.4, 0.5) is 0 Å². The van der Waals surface area contributed by atoms with Crippen LogP contribution in [0.1, 0.15) is 129 Å². The van der Waals surface area contributed by atoms with Crippen molar-refractivity contribution in [2.75, 3.05) is 6.54 Å². The molecule has 0 fully saturated rings. The predicted octanol–water partition coefficient (Wildman–Crippen LogP) is 9.19. The minimum Gasteiger partial charge on any atom is -0.307 e. The SMILES string of the molecule is CCCCCCCCCCCCCCCCNC(CC)(CC)c1ccccc1.Cl. The maximum Gasteiger partial charge on any atom is 0.0429 e. The summed E-state index contributed by atoms with van der Waals surface area (Å²) in [6, 6.07) is 11.0. The van der Waals surface area contributed by atoms with Crippen LogP contribution in [0.3, 0.4) is 0 Å². The van der Waals surface area contributed by atoms with E-state index in [0.29, 0.717) is 0 Å². The van der Waals surface area contributed by atoms with Gasteiger partial charge >= 0.3 is 0 Å². The lowest BCUT2D eigenvalue weighted by molar-refractivity contribution is 0.305. The Kier molecular flexibility index (Phi) is 19.1. The van der Waals surface area contributed by atoms with E-state index in [1.54, 1.807) is 0 Å². The second kappa shape index (κ2) is 19.4. The highest BCUT2D eigenvalue weighted by Crippen LogP contribution is 2.28. The first-order valence-corrected chi connectivity index (χ1v) is 12.6. The van der Waals surface area contributed by atoms with E-state index in [4.69, 9.17) is 0 Å². The van der Waals surface area contributed by atoms with Crippen molar-refractivity contribution in [3.63, 3.8) is 0 Å². The lowest BCUT2D eigenvalue weighted by Gasteiger charge is -2.34. The molecule has 0 aliphatic heterocycles. The monoisotopic (exact) mass is 423 g/mol. The van der Waals surface area contributed by atoms with Gasteiger partial charge in [0.25, 0.3) is 0 Å². The van der Waals surface area contributed by atoms with E-state index in [-0.39, 0.29) is 17.9 Å². The van der Waals surface area contributed by atoms with Crippen molar-refractivity contribution in [1.29, 1.82) is 0 Å². The molecule has 0 spiro atoms. The average molecular weight is 424 g/mol. The molecule has 0 bridgehead atoms. The zero-order valence-corrected chi connectivity index (χ0v) is 20.6. The van der Waals surface area contributed by atoms with Crippen LogP contribution in [0, 0.1) is 0 Å². The van der Waals surface area contributed by atoms with E-state index in [0.717, 1.165) is 19.4 Å². The van der Waals surface area contributed by atoms with Crippen LogP contribution in [0.15, 0.2) is 30.3 Å². The summed E-state index contributed by atoms with van der Waals surface area (Å²) in [6.07, 6.45) is 22.3. The van der Waals surface area contributed by atoms with Crippen molar-refractivity contribution in [2.45, 2.75) is 129 Å². The summed E-state index contributed by atoms with van der Waals surface area (Å²) >= 11 is 0. The van der Waals surface area contributed by atoms with Gasteiger partial charge in [0, 0.05) is 5.54 Å². The van der Waals surface area contributed by atoms with Gasteiger partial charge in [-0.05, 0) is 31.4 Å². The molecule has 1 rings (SSSR count). The van der Waals surface area contributed by atoms with Gasteiger partial charge in [-0.25, -0.2) is 0 Å². The van der Waals surface area contributed by atoms with Crippen molar-refractivity contribution in [3.05, 3.63) is 35.9 Å². The van der Waals surface area contributed by atoms with Crippen molar-refractivity contribution >= 4 is 12.4 Å². The molecule has 0 atom stereocenters. The smallest absolute Gasteiger partial charge is 0.0429 e. The largest absolute Gasteiger partial charge is 0.307 e. The summed E-state index contributed by atoms with van der Waals surface area (Å²) in [5, 5.41) is 3.89. The molecule has 0 aliphatic rings.